The molecule has 3 N–H and O–H groups in total. The Morgan fingerprint density at radius 3 is 2.52 bits per heavy atom. The lowest BCUT2D eigenvalue weighted by molar-refractivity contribution is 0.0697. The number of carbonyl (C=O) groups is 2. The van der Waals surface area contributed by atoms with Gasteiger partial charge in [-0.1, -0.05) is 30.9 Å². The van der Waals surface area contributed by atoms with Crippen molar-refractivity contribution in [1.29, 1.82) is 0 Å². The molecule has 5 nitrogen and oxygen atoms in total. The fourth-order valence-corrected chi connectivity index (χ4v) is 2.86. The normalized spacial score (nSPS) is 17.0. The number of aromatic carboxylic acids is 1. The third kappa shape index (κ3) is 4.11. The van der Waals surface area contributed by atoms with E-state index in [1.807, 2.05) is 6.92 Å². The number of hydrogen-bond donors (Lipinski definition) is 3. The van der Waals surface area contributed by atoms with Crippen molar-refractivity contribution in [2.75, 3.05) is 5.32 Å². The van der Waals surface area contributed by atoms with E-state index in [0.717, 1.165) is 25.7 Å². The third-order valence-electron chi connectivity index (χ3n) is 3.83. The summed E-state index contributed by atoms with van der Waals surface area (Å²) in [6.07, 6.45) is 5.35. The van der Waals surface area contributed by atoms with Gasteiger partial charge in [0.25, 0.3) is 0 Å². The maximum absolute atomic E-state index is 12.0. The van der Waals surface area contributed by atoms with E-state index < -0.39 is 5.97 Å². The number of anilines is 1. The lowest BCUT2D eigenvalue weighted by Crippen LogP contribution is -2.48. The second-order valence-corrected chi connectivity index (χ2v) is 6.11. The molecule has 1 aliphatic carbocycles. The van der Waals surface area contributed by atoms with E-state index in [0.29, 0.717) is 5.69 Å². The van der Waals surface area contributed by atoms with Crippen molar-refractivity contribution in [2.24, 2.45) is 0 Å². The molecule has 0 saturated heterocycles. The molecule has 1 aliphatic rings. The number of carbonyl (C=O) groups excluding carboxylic acids is 1. The number of hydrogen-bond acceptors (Lipinski definition) is 2. The van der Waals surface area contributed by atoms with Gasteiger partial charge in [-0.3, -0.25) is 0 Å². The summed E-state index contributed by atoms with van der Waals surface area (Å²) in [7, 11) is 0. The molecule has 1 fully saturated rings. The highest BCUT2D eigenvalue weighted by molar-refractivity contribution is 6.33. The molecular weight excluding hydrogens is 292 g/mol. The lowest BCUT2D eigenvalue weighted by atomic mass is 9.83. The van der Waals surface area contributed by atoms with Crippen molar-refractivity contribution >= 4 is 29.3 Å². The predicted octanol–water partition coefficient (Wildman–Crippen LogP) is 3.88. The highest BCUT2D eigenvalue weighted by Crippen LogP contribution is 2.27. The fraction of sp³-hybridized carbons (Fsp3) is 0.467. The highest BCUT2D eigenvalue weighted by atomic mass is 35.5. The largest absolute Gasteiger partial charge is 0.478 e. The average Bonchev–Trinajstić information content (AvgIpc) is 2.40. The van der Waals surface area contributed by atoms with Crippen LogP contribution in [0.4, 0.5) is 10.5 Å². The van der Waals surface area contributed by atoms with Crippen LogP contribution in [0.5, 0.6) is 0 Å². The summed E-state index contributed by atoms with van der Waals surface area (Å²) in [6, 6.07) is 4.08. The first-order valence-corrected chi connectivity index (χ1v) is 7.39. The number of halogens is 1. The molecule has 114 valence electrons. The van der Waals surface area contributed by atoms with Gasteiger partial charge in [0.2, 0.25) is 0 Å². The van der Waals surface area contributed by atoms with Crippen LogP contribution >= 0.6 is 11.6 Å². The van der Waals surface area contributed by atoms with Gasteiger partial charge in [0.05, 0.1) is 10.6 Å². The minimum atomic E-state index is -1.12. The maximum Gasteiger partial charge on any atom is 0.337 e. The quantitative estimate of drug-likeness (QED) is 0.792. The summed E-state index contributed by atoms with van der Waals surface area (Å²) in [5, 5.41) is 14.8. The zero-order valence-electron chi connectivity index (χ0n) is 11.9. The summed E-state index contributed by atoms with van der Waals surface area (Å²) in [4.78, 5) is 23.1. The van der Waals surface area contributed by atoms with Gasteiger partial charge in [0.1, 0.15) is 0 Å². The summed E-state index contributed by atoms with van der Waals surface area (Å²) in [5.41, 5.74) is 0.191. The molecule has 1 aromatic carbocycles. The second-order valence-electron chi connectivity index (χ2n) is 5.70. The van der Waals surface area contributed by atoms with E-state index in [1.165, 1.54) is 18.6 Å². The number of amides is 2. The number of rotatable bonds is 3. The summed E-state index contributed by atoms with van der Waals surface area (Å²) in [5.74, 6) is -1.12. The van der Waals surface area contributed by atoms with Gasteiger partial charge >= 0.3 is 12.0 Å². The molecule has 0 atom stereocenters. The SMILES string of the molecule is CC1(NC(=O)Nc2ccc(Cl)c(C(=O)O)c2)CCCCC1. The first-order chi connectivity index (χ1) is 9.89. The van der Waals surface area contributed by atoms with Crippen molar-refractivity contribution in [3.63, 3.8) is 0 Å². The first kappa shape index (κ1) is 15.6. The van der Waals surface area contributed by atoms with Gasteiger partial charge in [-0.25, -0.2) is 9.59 Å². The summed E-state index contributed by atoms with van der Waals surface area (Å²) >= 11 is 5.80. The maximum atomic E-state index is 12.0. The molecular formula is C15H19ClN2O3. The minimum absolute atomic E-state index is 0.0293. The van der Waals surface area contributed by atoms with Crippen molar-refractivity contribution in [1.82, 2.24) is 5.32 Å². The topological polar surface area (TPSA) is 78.4 Å². The Kier molecular flexibility index (Phi) is 4.73. The molecule has 0 bridgehead atoms. The van der Waals surface area contributed by atoms with Gasteiger partial charge in [-0.2, -0.15) is 0 Å². The van der Waals surface area contributed by atoms with E-state index in [9.17, 15) is 9.59 Å². The molecule has 0 unspecified atom stereocenters. The molecule has 0 aromatic heterocycles. The standard InChI is InChI=1S/C15H19ClN2O3/c1-15(7-3-2-4-8-15)18-14(21)17-10-5-6-12(16)11(9-10)13(19)20/h5-6,9H,2-4,7-8H2,1H3,(H,19,20)(H2,17,18,21). The molecule has 6 heteroatoms. The molecule has 2 amide bonds. The number of benzene rings is 1. The Bertz CT molecular complexity index is 554. The van der Waals surface area contributed by atoms with Crippen molar-refractivity contribution in [3.05, 3.63) is 28.8 Å². The number of nitrogens with one attached hydrogen (secondary N) is 2. The van der Waals surface area contributed by atoms with E-state index in [4.69, 9.17) is 16.7 Å². The Balaban J connectivity index is 2.02. The lowest BCUT2D eigenvalue weighted by Gasteiger charge is -2.34. The number of carboxylic acids is 1. The van der Waals surface area contributed by atoms with Crippen LogP contribution < -0.4 is 10.6 Å². The van der Waals surface area contributed by atoms with Gasteiger partial charge in [-0.15, -0.1) is 0 Å². The van der Waals surface area contributed by atoms with Crippen LogP contribution in [0.1, 0.15) is 49.4 Å². The average molecular weight is 311 g/mol. The predicted molar refractivity (Wildman–Crippen MR) is 82.1 cm³/mol. The summed E-state index contributed by atoms with van der Waals surface area (Å²) in [6.45, 7) is 2.04. The second kappa shape index (κ2) is 6.35. The van der Waals surface area contributed by atoms with Gasteiger partial charge < -0.3 is 15.7 Å². The molecule has 0 spiro atoms. The van der Waals surface area contributed by atoms with Gasteiger partial charge in [-0.05, 0) is 38.0 Å². The van der Waals surface area contributed by atoms with Crippen LogP contribution in [0, 0.1) is 0 Å². The molecule has 0 aliphatic heterocycles. The molecule has 21 heavy (non-hydrogen) atoms. The molecule has 0 radical (unpaired) electrons. The van der Waals surface area contributed by atoms with E-state index >= 15 is 0 Å². The first-order valence-electron chi connectivity index (χ1n) is 7.02. The van der Waals surface area contributed by atoms with E-state index in [1.54, 1.807) is 6.07 Å². The molecule has 1 saturated carbocycles. The Morgan fingerprint density at radius 1 is 1.24 bits per heavy atom. The Morgan fingerprint density at radius 2 is 1.90 bits per heavy atom. The zero-order chi connectivity index (χ0) is 15.5. The fourth-order valence-electron chi connectivity index (χ4n) is 2.66. The van der Waals surface area contributed by atoms with Crippen molar-refractivity contribution < 1.29 is 14.7 Å². The van der Waals surface area contributed by atoms with Crippen LogP contribution in [-0.2, 0) is 0 Å². The van der Waals surface area contributed by atoms with Crippen molar-refractivity contribution in [3.8, 4) is 0 Å². The Hall–Kier alpha value is -1.75. The van der Waals surface area contributed by atoms with Crippen LogP contribution in [-0.4, -0.2) is 22.6 Å². The zero-order valence-corrected chi connectivity index (χ0v) is 12.7. The number of carboxylic acid groups (broad SMARTS) is 1. The minimum Gasteiger partial charge on any atom is -0.478 e. The smallest absolute Gasteiger partial charge is 0.337 e. The molecule has 0 heterocycles. The van der Waals surface area contributed by atoms with Crippen LogP contribution in [0.15, 0.2) is 18.2 Å². The third-order valence-corrected chi connectivity index (χ3v) is 4.16. The molecule has 1 aromatic rings. The Labute approximate surface area is 128 Å². The van der Waals surface area contributed by atoms with Crippen molar-refractivity contribution in [2.45, 2.75) is 44.6 Å². The number of urea groups is 1. The summed E-state index contributed by atoms with van der Waals surface area (Å²) < 4.78 is 0. The van der Waals surface area contributed by atoms with E-state index in [-0.39, 0.29) is 22.2 Å². The van der Waals surface area contributed by atoms with E-state index in [2.05, 4.69) is 10.6 Å². The van der Waals surface area contributed by atoms with Crippen LogP contribution in [0.3, 0.4) is 0 Å². The monoisotopic (exact) mass is 310 g/mol. The van der Waals surface area contributed by atoms with Crippen LogP contribution in [0.2, 0.25) is 5.02 Å². The highest BCUT2D eigenvalue weighted by Gasteiger charge is 2.28. The van der Waals surface area contributed by atoms with Gasteiger partial charge in [0, 0.05) is 11.2 Å². The molecule has 2 rings (SSSR count). The van der Waals surface area contributed by atoms with Gasteiger partial charge in [0.15, 0.2) is 0 Å². The van der Waals surface area contributed by atoms with Crippen LogP contribution in [0.25, 0.3) is 0 Å².